The van der Waals surface area contributed by atoms with Crippen molar-refractivity contribution in [2.24, 2.45) is 4.40 Å². The minimum absolute atomic E-state index is 0.282. The Balaban J connectivity index is 2.35. The molecule has 0 aliphatic heterocycles. The fourth-order valence-electron chi connectivity index (χ4n) is 1.25. The van der Waals surface area contributed by atoms with E-state index in [4.69, 9.17) is 0 Å². The van der Waals surface area contributed by atoms with Crippen LogP contribution in [0.3, 0.4) is 0 Å². The number of hydrogen-bond donors (Lipinski definition) is 0. The van der Waals surface area contributed by atoms with E-state index < -0.39 is 0 Å². The molecule has 12 heavy (non-hydrogen) atoms. The van der Waals surface area contributed by atoms with Gasteiger partial charge in [0.1, 0.15) is 0 Å². The highest BCUT2D eigenvalue weighted by Gasteiger charge is 2.12. The van der Waals surface area contributed by atoms with E-state index in [9.17, 15) is 0 Å². The maximum atomic E-state index is 4.59. The average molecular weight is 185 g/mol. The maximum absolute atomic E-state index is 4.59. The van der Waals surface area contributed by atoms with E-state index in [0.717, 1.165) is 0 Å². The van der Waals surface area contributed by atoms with Crippen LogP contribution in [0, 0.1) is 0 Å². The van der Waals surface area contributed by atoms with E-state index in [1.54, 1.807) is 11.9 Å². The van der Waals surface area contributed by atoms with Crippen LogP contribution in [0.15, 0.2) is 4.40 Å². The molecular formula is C10H19NS. The Kier molecular flexibility index (Phi) is 3.63. The first-order valence-electron chi connectivity index (χ1n) is 4.82. The Morgan fingerprint density at radius 2 is 1.67 bits per heavy atom. The van der Waals surface area contributed by atoms with Gasteiger partial charge in [-0.2, -0.15) is 0 Å². The molecule has 1 aliphatic rings. The van der Waals surface area contributed by atoms with Gasteiger partial charge in [0.05, 0.1) is 0 Å². The molecule has 0 N–H and O–H groups in total. The summed E-state index contributed by atoms with van der Waals surface area (Å²) in [6, 6.07) is 0. The van der Waals surface area contributed by atoms with Crippen LogP contribution in [-0.4, -0.2) is 10.5 Å². The highest BCUT2D eigenvalue weighted by molar-refractivity contribution is 7.99. The third kappa shape index (κ3) is 4.15. The number of hydrogen-bond acceptors (Lipinski definition) is 2. The Morgan fingerprint density at radius 3 is 2.17 bits per heavy atom. The molecule has 0 bridgehead atoms. The Hall–Kier alpha value is 0.0200. The van der Waals surface area contributed by atoms with Crippen molar-refractivity contribution >= 4 is 17.7 Å². The lowest BCUT2D eigenvalue weighted by molar-refractivity contribution is 0.668. The number of rotatable bonds is 1. The van der Waals surface area contributed by atoms with Gasteiger partial charge < -0.3 is 0 Å². The molecule has 0 heterocycles. The second-order valence-electron chi connectivity index (χ2n) is 4.42. The highest BCUT2D eigenvalue weighted by atomic mass is 32.2. The smallest absolute Gasteiger partial charge is 0.0294 e. The molecule has 0 unspecified atom stereocenters. The minimum atomic E-state index is 0.282. The Bertz CT molecular complexity index is 159. The van der Waals surface area contributed by atoms with Crippen molar-refractivity contribution in [3.05, 3.63) is 0 Å². The van der Waals surface area contributed by atoms with Crippen LogP contribution in [0.5, 0.6) is 0 Å². The van der Waals surface area contributed by atoms with Gasteiger partial charge in [-0.3, -0.25) is 0 Å². The molecule has 0 atom stereocenters. The van der Waals surface area contributed by atoms with Gasteiger partial charge in [-0.05, 0) is 58.4 Å². The van der Waals surface area contributed by atoms with Gasteiger partial charge >= 0.3 is 0 Å². The van der Waals surface area contributed by atoms with Crippen LogP contribution < -0.4 is 0 Å². The van der Waals surface area contributed by atoms with Crippen molar-refractivity contribution < 1.29 is 0 Å². The lowest BCUT2D eigenvalue weighted by Crippen LogP contribution is -2.08. The lowest BCUT2D eigenvalue weighted by Gasteiger charge is -2.16. The SMILES string of the molecule is CC(C)(C)SN=C1CCCCC1. The zero-order valence-electron chi connectivity index (χ0n) is 8.39. The fourth-order valence-corrected chi connectivity index (χ4v) is 1.84. The van der Waals surface area contributed by atoms with Gasteiger partial charge in [-0.15, -0.1) is 0 Å². The third-order valence-corrected chi connectivity index (χ3v) is 2.78. The summed E-state index contributed by atoms with van der Waals surface area (Å²) >= 11 is 1.73. The molecule has 0 radical (unpaired) electrons. The van der Waals surface area contributed by atoms with Crippen molar-refractivity contribution in [2.45, 2.75) is 57.6 Å². The van der Waals surface area contributed by atoms with E-state index in [1.807, 2.05) is 0 Å². The summed E-state index contributed by atoms with van der Waals surface area (Å²) in [5.41, 5.74) is 1.43. The van der Waals surface area contributed by atoms with Crippen LogP contribution >= 0.6 is 11.9 Å². The fraction of sp³-hybridized carbons (Fsp3) is 0.900. The van der Waals surface area contributed by atoms with Gasteiger partial charge in [0, 0.05) is 10.5 Å². The summed E-state index contributed by atoms with van der Waals surface area (Å²) in [5.74, 6) is 0. The predicted molar refractivity (Wildman–Crippen MR) is 57.9 cm³/mol. The standard InChI is InChI=1S/C10H19NS/c1-10(2,3)12-11-9-7-5-4-6-8-9/h4-8H2,1-3H3. The van der Waals surface area contributed by atoms with Crippen LogP contribution in [0.1, 0.15) is 52.9 Å². The van der Waals surface area contributed by atoms with Gasteiger partial charge in [-0.25, -0.2) is 4.40 Å². The normalized spacial score (nSPS) is 19.4. The lowest BCUT2D eigenvalue weighted by atomic mass is 9.99. The highest BCUT2D eigenvalue weighted by Crippen LogP contribution is 2.26. The second kappa shape index (κ2) is 4.31. The number of nitrogens with zero attached hydrogens (tertiary/aromatic N) is 1. The summed E-state index contributed by atoms with van der Waals surface area (Å²) in [6.45, 7) is 6.64. The van der Waals surface area contributed by atoms with Crippen LogP contribution in [0.2, 0.25) is 0 Å². The Morgan fingerprint density at radius 1 is 1.08 bits per heavy atom. The van der Waals surface area contributed by atoms with Crippen molar-refractivity contribution in [2.75, 3.05) is 0 Å². The Labute approximate surface area is 80.2 Å². The van der Waals surface area contributed by atoms with Crippen molar-refractivity contribution in [1.82, 2.24) is 0 Å². The monoisotopic (exact) mass is 185 g/mol. The summed E-state index contributed by atoms with van der Waals surface area (Å²) in [7, 11) is 0. The van der Waals surface area contributed by atoms with E-state index in [1.165, 1.54) is 37.8 Å². The topological polar surface area (TPSA) is 12.4 Å². The second-order valence-corrected chi connectivity index (χ2v) is 6.01. The van der Waals surface area contributed by atoms with Crippen LogP contribution in [-0.2, 0) is 0 Å². The predicted octanol–water partition coefficient (Wildman–Crippen LogP) is 3.84. The molecule has 0 aromatic rings. The molecular weight excluding hydrogens is 166 g/mol. The molecule has 1 fully saturated rings. The van der Waals surface area contributed by atoms with Gasteiger partial charge in [-0.1, -0.05) is 6.42 Å². The molecule has 0 spiro atoms. The van der Waals surface area contributed by atoms with E-state index in [2.05, 4.69) is 25.2 Å². The molecule has 0 aromatic heterocycles. The molecule has 1 nitrogen and oxygen atoms in total. The first-order valence-corrected chi connectivity index (χ1v) is 5.59. The zero-order valence-corrected chi connectivity index (χ0v) is 9.21. The third-order valence-electron chi connectivity index (χ3n) is 1.88. The average Bonchev–Trinajstić information content (AvgIpc) is 2.02. The molecule has 2 heteroatoms. The molecule has 0 amide bonds. The maximum Gasteiger partial charge on any atom is 0.0294 e. The molecule has 1 saturated carbocycles. The molecule has 1 rings (SSSR count). The first kappa shape index (κ1) is 10.1. The van der Waals surface area contributed by atoms with Crippen LogP contribution in [0.25, 0.3) is 0 Å². The summed E-state index contributed by atoms with van der Waals surface area (Å²) in [5, 5.41) is 0. The molecule has 0 aromatic carbocycles. The molecule has 70 valence electrons. The van der Waals surface area contributed by atoms with Gasteiger partial charge in [0.2, 0.25) is 0 Å². The largest absolute Gasteiger partial charge is 0.225 e. The van der Waals surface area contributed by atoms with Crippen LogP contribution in [0.4, 0.5) is 0 Å². The minimum Gasteiger partial charge on any atom is -0.225 e. The van der Waals surface area contributed by atoms with Crippen molar-refractivity contribution in [3.8, 4) is 0 Å². The van der Waals surface area contributed by atoms with E-state index in [0.29, 0.717) is 0 Å². The van der Waals surface area contributed by atoms with Gasteiger partial charge in [0.15, 0.2) is 0 Å². The van der Waals surface area contributed by atoms with E-state index in [-0.39, 0.29) is 4.75 Å². The summed E-state index contributed by atoms with van der Waals surface area (Å²) in [4.78, 5) is 0. The summed E-state index contributed by atoms with van der Waals surface area (Å²) in [6.07, 6.45) is 6.58. The molecule has 0 saturated heterocycles. The van der Waals surface area contributed by atoms with Gasteiger partial charge in [0.25, 0.3) is 0 Å². The quantitative estimate of drug-likeness (QED) is 0.565. The molecule has 1 aliphatic carbocycles. The first-order chi connectivity index (χ1) is 5.58. The van der Waals surface area contributed by atoms with Crippen molar-refractivity contribution in [3.63, 3.8) is 0 Å². The van der Waals surface area contributed by atoms with E-state index >= 15 is 0 Å². The summed E-state index contributed by atoms with van der Waals surface area (Å²) < 4.78 is 4.87. The van der Waals surface area contributed by atoms with Crippen molar-refractivity contribution in [1.29, 1.82) is 0 Å². The zero-order chi connectivity index (χ0) is 9.03.